The maximum Gasteiger partial charge on any atom is 0.255 e. The fraction of sp³-hybridized carbons (Fsp3) is 0.600. The second-order valence-corrected chi connectivity index (χ2v) is 5.28. The molecule has 5 nitrogen and oxygen atoms in total. The van der Waals surface area contributed by atoms with Gasteiger partial charge < -0.3 is 15.3 Å². The van der Waals surface area contributed by atoms with E-state index in [1.807, 2.05) is 17.0 Å². The van der Waals surface area contributed by atoms with Crippen molar-refractivity contribution < 1.29 is 9.90 Å². The summed E-state index contributed by atoms with van der Waals surface area (Å²) in [6.45, 7) is 4.65. The molecule has 1 fully saturated rings. The summed E-state index contributed by atoms with van der Waals surface area (Å²) in [6, 6.07) is 3.68. The summed E-state index contributed by atoms with van der Waals surface area (Å²) in [5.74, 6) is 1.19. The normalized spacial score (nSPS) is 16.2. The van der Waals surface area contributed by atoms with Crippen molar-refractivity contribution in [2.45, 2.75) is 26.2 Å². The van der Waals surface area contributed by atoms with Crippen molar-refractivity contribution in [1.29, 1.82) is 0 Å². The van der Waals surface area contributed by atoms with Crippen LogP contribution in [0.1, 0.15) is 36.5 Å². The van der Waals surface area contributed by atoms with Gasteiger partial charge in [-0.15, -0.1) is 0 Å². The second kappa shape index (κ2) is 7.24. The fourth-order valence-electron chi connectivity index (χ4n) is 2.38. The van der Waals surface area contributed by atoms with Crippen LogP contribution in [0.3, 0.4) is 0 Å². The van der Waals surface area contributed by atoms with E-state index in [0.29, 0.717) is 11.5 Å². The minimum Gasteiger partial charge on any atom is -0.396 e. The topological polar surface area (TPSA) is 65.5 Å². The lowest BCUT2D eigenvalue weighted by Crippen LogP contribution is -2.39. The number of hydrogen-bond donors (Lipinski definition) is 2. The summed E-state index contributed by atoms with van der Waals surface area (Å²) in [5.41, 5.74) is 0.634. The zero-order valence-corrected chi connectivity index (χ0v) is 12.0. The highest BCUT2D eigenvalue weighted by Crippen LogP contribution is 2.18. The number of amides is 1. The number of aromatic nitrogens is 1. The first-order valence-corrected chi connectivity index (χ1v) is 7.34. The summed E-state index contributed by atoms with van der Waals surface area (Å²) in [4.78, 5) is 18.4. The SMILES string of the molecule is CCCNc1ccc(C(=O)N2CCC(CO)CC2)cn1. The number of aliphatic hydroxyl groups excluding tert-OH is 1. The van der Waals surface area contributed by atoms with Gasteiger partial charge in [-0.2, -0.15) is 0 Å². The van der Waals surface area contributed by atoms with Crippen LogP contribution in [-0.4, -0.2) is 47.1 Å². The molecule has 0 saturated carbocycles. The maximum absolute atomic E-state index is 12.3. The lowest BCUT2D eigenvalue weighted by atomic mass is 9.97. The molecule has 0 spiro atoms. The number of pyridine rings is 1. The van der Waals surface area contributed by atoms with Crippen LogP contribution in [0.25, 0.3) is 0 Å². The van der Waals surface area contributed by atoms with E-state index in [9.17, 15) is 4.79 Å². The van der Waals surface area contributed by atoms with Crippen LogP contribution >= 0.6 is 0 Å². The zero-order valence-electron chi connectivity index (χ0n) is 12.0. The quantitative estimate of drug-likeness (QED) is 0.860. The Balaban J connectivity index is 1.92. The first-order valence-electron chi connectivity index (χ1n) is 7.34. The summed E-state index contributed by atoms with van der Waals surface area (Å²) in [6.07, 6.45) is 4.44. The number of rotatable bonds is 5. The first-order chi connectivity index (χ1) is 9.74. The van der Waals surface area contributed by atoms with Crippen molar-refractivity contribution in [2.24, 2.45) is 5.92 Å². The predicted octanol–water partition coefficient (Wildman–Crippen LogP) is 1.75. The van der Waals surface area contributed by atoms with E-state index in [2.05, 4.69) is 17.2 Å². The molecule has 1 amide bonds. The third-order valence-electron chi connectivity index (χ3n) is 3.73. The third kappa shape index (κ3) is 3.70. The standard InChI is InChI=1S/C15H23N3O2/c1-2-7-16-14-4-3-13(10-17-14)15(20)18-8-5-12(11-19)6-9-18/h3-4,10,12,19H,2,5-9,11H2,1H3,(H,16,17). The van der Waals surface area contributed by atoms with E-state index < -0.39 is 0 Å². The second-order valence-electron chi connectivity index (χ2n) is 5.28. The van der Waals surface area contributed by atoms with Gasteiger partial charge in [0.15, 0.2) is 0 Å². The molecule has 1 aromatic heterocycles. The van der Waals surface area contributed by atoms with E-state index in [1.165, 1.54) is 0 Å². The molecule has 1 aliphatic heterocycles. The lowest BCUT2D eigenvalue weighted by molar-refractivity contribution is 0.0650. The largest absolute Gasteiger partial charge is 0.396 e. The van der Waals surface area contributed by atoms with Gasteiger partial charge in [0, 0.05) is 32.4 Å². The molecule has 110 valence electrons. The van der Waals surface area contributed by atoms with Crippen LogP contribution in [0.2, 0.25) is 0 Å². The van der Waals surface area contributed by atoms with Crippen molar-refractivity contribution >= 4 is 11.7 Å². The number of carbonyl (C=O) groups excluding carboxylic acids is 1. The summed E-state index contributed by atoms with van der Waals surface area (Å²) >= 11 is 0. The number of likely N-dealkylation sites (tertiary alicyclic amines) is 1. The Morgan fingerprint density at radius 1 is 1.45 bits per heavy atom. The molecule has 0 atom stereocenters. The first kappa shape index (κ1) is 14.8. The van der Waals surface area contributed by atoms with Crippen molar-refractivity contribution in [3.05, 3.63) is 23.9 Å². The van der Waals surface area contributed by atoms with Gasteiger partial charge in [0.1, 0.15) is 5.82 Å². The Hall–Kier alpha value is -1.62. The van der Waals surface area contributed by atoms with Crippen LogP contribution < -0.4 is 5.32 Å². The Bertz CT molecular complexity index is 425. The number of nitrogens with one attached hydrogen (secondary N) is 1. The van der Waals surface area contributed by atoms with Crippen molar-refractivity contribution in [3.8, 4) is 0 Å². The van der Waals surface area contributed by atoms with Gasteiger partial charge >= 0.3 is 0 Å². The van der Waals surface area contributed by atoms with Crippen LogP contribution in [0, 0.1) is 5.92 Å². The molecule has 20 heavy (non-hydrogen) atoms. The Kier molecular flexibility index (Phi) is 5.35. The fourth-order valence-corrected chi connectivity index (χ4v) is 2.38. The van der Waals surface area contributed by atoms with Crippen LogP contribution in [0.15, 0.2) is 18.3 Å². The highest BCUT2D eigenvalue weighted by molar-refractivity contribution is 5.94. The molecule has 2 rings (SSSR count). The molecule has 0 aliphatic carbocycles. The third-order valence-corrected chi connectivity index (χ3v) is 3.73. The number of nitrogens with zero attached hydrogens (tertiary/aromatic N) is 2. The van der Waals surface area contributed by atoms with E-state index in [1.54, 1.807) is 6.20 Å². The lowest BCUT2D eigenvalue weighted by Gasteiger charge is -2.31. The monoisotopic (exact) mass is 277 g/mol. The van der Waals surface area contributed by atoms with Gasteiger partial charge in [0.2, 0.25) is 0 Å². The van der Waals surface area contributed by atoms with Gasteiger partial charge in [-0.3, -0.25) is 4.79 Å². The summed E-state index contributed by atoms with van der Waals surface area (Å²) < 4.78 is 0. The van der Waals surface area contributed by atoms with Gasteiger partial charge in [-0.05, 0) is 37.3 Å². The average molecular weight is 277 g/mol. The molecule has 1 aromatic rings. The Morgan fingerprint density at radius 2 is 2.20 bits per heavy atom. The maximum atomic E-state index is 12.3. The van der Waals surface area contributed by atoms with E-state index in [4.69, 9.17) is 5.11 Å². The summed E-state index contributed by atoms with van der Waals surface area (Å²) in [5, 5.41) is 12.3. The molecule has 0 radical (unpaired) electrons. The smallest absolute Gasteiger partial charge is 0.255 e. The summed E-state index contributed by atoms with van der Waals surface area (Å²) in [7, 11) is 0. The molecule has 2 heterocycles. The molecular formula is C15H23N3O2. The number of hydrogen-bond acceptors (Lipinski definition) is 4. The van der Waals surface area contributed by atoms with Crippen molar-refractivity contribution in [2.75, 3.05) is 31.6 Å². The molecule has 1 aliphatic rings. The van der Waals surface area contributed by atoms with Crippen molar-refractivity contribution in [1.82, 2.24) is 9.88 Å². The average Bonchev–Trinajstić information content (AvgIpc) is 2.53. The highest BCUT2D eigenvalue weighted by Gasteiger charge is 2.23. The molecular weight excluding hydrogens is 254 g/mol. The van der Waals surface area contributed by atoms with E-state index >= 15 is 0 Å². The zero-order chi connectivity index (χ0) is 14.4. The Labute approximate surface area is 120 Å². The molecule has 0 aromatic carbocycles. The number of carbonyl (C=O) groups is 1. The number of piperidine rings is 1. The van der Waals surface area contributed by atoms with E-state index in [-0.39, 0.29) is 12.5 Å². The van der Waals surface area contributed by atoms with E-state index in [0.717, 1.165) is 44.7 Å². The molecule has 5 heteroatoms. The molecule has 1 saturated heterocycles. The van der Waals surface area contributed by atoms with Gasteiger partial charge in [-0.25, -0.2) is 4.98 Å². The highest BCUT2D eigenvalue weighted by atomic mass is 16.3. The molecule has 0 unspecified atom stereocenters. The molecule has 0 bridgehead atoms. The van der Waals surface area contributed by atoms with Gasteiger partial charge in [0.05, 0.1) is 5.56 Å². The van der Waals surface area contributed by atoms with Crippen LogP contribution in [-0.2, 0) is 0 Å². The minimum atomic E-state index is 0.0379. The number of aliphatic hydroxyl groups is 1. The van der Waals surface area contributed by atoms with Crippen LogP contribution in [0.5, 0.6) is 0 Å². The Morgan fingerprint density at radius 3 is 2.75 bits per heavy atom. The van der Waals surface area contributed by atoms with Crippen molar-refractivity contribution in [3.63, 3.8) is 0 Å². The van der Waals surface area contributed by atoms with Gasteiger partial charge in [0.25, 0.3) is 5.91 Å². The minimum absolute atomic E-state index is 0.0379. The van der Waals surface area contributed by atoms with Gasteiger partial charge in [-0.1, -0.05) is 6.92 Å². The molecule has 2 N–H and O–H groups in total. The predicted molar refractivity (Wildman–Crippen MR) is 78.7 cm³/mol. The number of anilines is 1. The van der Waals surface area contributed by atoms with Crippen LogP contribution in [0.4, 0.5) is 5.82 Å².